The summed E-state index contributed by atoms with van der Waals surface area (Å²) < 4.78 is 0. The smallest absolute Gasteiger partial charge is 0.155 e. The van der Waals surface area contributed by atoms with Gasteiger partial charge in [0.2, 0.25) is 0 Å². The van der Waals surface area contributed by atoms with Gasteiger partial charge in [0.05, 0.1) is 6.10 Å². The van der Waals surface area contributed by atoms with Gasteiger partial charge in [0.25, 0.3) is 0 Å². The highest BCUT2D eigenvalue weighted by Gasteiger charge is 2.72. The van der Waals surface area contributed by atoms with Gasteiger partial charge < -0.3 is 5.11 Å². The largest absolute Gasteiger partial charge is 0.392 e. The van der Waals surface area contributed by atoms with Crippen molar-refractivity contribution in [3.8, 4) is 0 Å². The molecule has 0 heterocycles. The zero-order chi connectivity index (χ0) is 19.1. The van der Waals surface area contributed by atoms with Crippen molar-refractivity contribution in [1.29, 1.82) is 0 Å². The van der Waals surface area contributed by atoms with E-state index in [2.05, 4.69) is 27.7 Å². The number of fused-ring (bicyclic) bond motifs is 5. The standard InChI is InChI=1S/C23H34O3/c1-14(24)17-9-11-21(3)18-7-6-15-12-16(25)8-10-20(15,2)23(18,5)19(26)13-22(17,21)4/h12,17-19,26H,6-11,13H2,1-5H3/t17-,18+,19-,20+,21+,22-,23-/m1/s1. The third-order valence-corrected chi connectivity index (χ3v) is 10.1. The van der Waals surface area contributed by atoms with E-state index in [9.17, 15) is 14.7 Å². The molecule has 0 saturated heterocycles. The van der Waals surface area contributed by atoms with Crippen molar-refractivity contribution in [2.45, 2.75) is 85.7 Å². The second kappa shape index (κ2) is 5.31. The topological polar surface area (TPSA) is 54.4 Å². The van der Waals surface area contributed by atoms with Gasteiger partial charge in [-0.15, -0.1) is 0 Å². The lowest BCUT2D eigenvalue weighted by Gasteiger charge is -2.69. The Morgan fingerprint density at radius 3 is 2.42 bits per heavy atom. The van der Waals surface area contributed by atoms with Crippen molar-refractivity contribution in [2.24, 2.45) is 33.5 Å². The van der Waals surface area contributed by atoms with Gasteiger partial charge in [-0.2, -0.15) is 0 Å². The number of hydrogen-bond donors (Lipinski definition) is 1. The minimum absolute atomic E-state index is 0.0735. The second-order valence-electron chi connectivity index (χ2n) is 10.6. The summed E-state index contributed by atoms with van der Waals surface area (Å²) in [7, 11) is 0. The molecule has 4 aliphatic rings. The van der Waals surface area contributed by atoms with E-state index in [1.165, 1.54) is 5.57 Å². The van der Waals surface area contributed by atoms with Crippen molar-refractivity contribution in [3.05, 3.63) is 11.6 Å². The van der Waals surface area contributed by atoms with Crippen LogP contribution < -0.4 is 0 Å². The molecule has 0 bridgehead atoms. The van der Waals surface area contributed by atoms with E-state index in [0.29, 0.717) is 18.8 Å². The van der Waals surface area contributed by atoms with Gasteiger partial charge in [0.1, 0.15) is 5.78 Å². The van der Waals surface area contributed by atoms with Gasteiger partial charge in [0.15, 0.2) is 5.78 Å². The molecule has 0 aromatic heterocycles. The van der Waals surface area contributed by atoms with Crippen LogP contribution in [-0.4, -0.2) is 22.8 Å². The minimum atomic E-state index is -0.424. The van der Waals surface area contributed by atoms with E-state index in [1.54, 1.807) is 6.92 Å². The SMILES string of the molecule is CC(=O)[C@H]1CC[C@@]2(C)[C@@H]3CCC4=CC(=O)CC[C@]4(C)[C@@]3(C)[C@H](O)C[C@]12C. The molecule has 7 atom stereocenters. The van der Waals surface area contributed by atoms with Gasteiger partial charge >= 0.3 is 0 Å². The molecule has 0 aromatic rings. The Morgan fingerprint density at radius 2 is 1.77 bits per heavy atom. The molecule has 3 nitrogen and oxygen atoms in total. The van der Waals surface area contributed by atoms with Crippen molar-refractivity contribution < 1.29 is 14.7 Å². The average molecular weight is 359 g/mol. The van der Waals surface area contributed by atoms with Crippen LogP contribution in [0.2, 0.25) is 0 Å². The number of aliphatic hydroxyl groups is 1. The number of Topliss-reactive ketones (excluding diaryl/α,β-unsaturated/α-hetero) is 1. The predicted octanol–water partition coefficient (Wildman–Crippen LogP) is 4.47. The molecule has 4 aliphatic carbocycles. The summed E-state index contributed by atoms with van der Waals surface area (Å²) in [5.74, 6) is 1.00. The summed E-state index contributed by atoms with van der Waals surface area (Å²) in [6.07, 6.45) is 7.65. The highest BCUT2D eigenvalue weighted by molar-refractivity contribution is 5.91. The molecule has 1 N–H and O–H groups in total. The zero-order valence-electron chi connectivity index (χ0n) is 17.0. The lowest BCUT2D eigenvalue weighted by molar-refractivity contribution is -0.223. The van der Waals surface area contributed by atoms with E-state index in [4.69, 9.17) is 0 Å². The van der Waals surface area contributed by atoms with Crippen LogP contribution in [0.15, 0.2) is 11.6 Å². The molecule has 3 fully saturated rings. The first kappa shape index (κ1) is 18.4. The maximum absolute atomic E-state index is 12.4. The molecule has 0 amide bonds. The Labute approximate surface area is 157 Å². The number of carbonyl (C=O) groups is 2. The van der Waals surface area contributed by atoms with Crippen LogP contribution in [0.1, 0.15) is 79.6 Å². The average Bonchev–Trinajstić information content (AvgIpc) is 2.81. The number of carbonyl (C=O) groups excluding carboxylic acids is 2. The normalized spacial score (nSPS) is 53.4. The molecule has 26 heavy (non-hydrogen) atoms. The second-order valence-corrected chi connectivity index (χ2v) is 10.6. The first-order valence-corrected chi connectivity index (χ1v) is 10.4. The molecule has 4 rings (SSSR count). The first-order chi connectivity index (χ1) is 12.0. The maximum Gasteiger partial charge on any atom is 0.155 e. The molecule has 0 radical (unpaired) electrons. The zero-order valence-corrected chi connectivity index (χ0v) is 17.0. The summed E-state index contributed by atoms with van der Waals surface area (Å²) in [5, 5.41) is 11.5. The summed E-state index contributed by atoms with van der Waals surface area (Å²) in [6.45, 7) is 11.0. The highest BCUT2D eigenvalue weighted by atomic mass is 16.3. The van der Waals surface area contributed by atoms with E-state index < -0.39 is 6.10 Å². The lowest BCUT2D eigenvalue weighted by Crippen LogP contribution is -2.66. The third kappa shape index (κ3) is 1.89. The Bertz CT molecular complexity index is 708. The van der Waals surface area contributed by atoms with Crippen LogP contribution in [0, 0.1) is 33.5 Å². The van der Waals surface area contributed by atoms with Crippen molar-refractivity contribution in [1.82, 2.24) is 0 Å². The predicted molar refractivity (Wildman–Crippen MR) is 102 cm³/mol. The number of hydrogen-bond acceptors (Lipinski definition) is 3. The van der Waals surface area contributed by atoms with E-state index >= 15 is 0 Å². The number of allylic oxidation sites excluding steroid dienone is 1. The fourth-order valence-electron chi connectivity index (χ4n) is 8.15. The molecule has 0 aromatic carbocycles. The van der Waals surface area contributed by atoms with Crippen LogP contribution in [0.5, 0.6) is 0 Å². The molecule has 144 valence electrons. The van der Waals surface area contributed by atoms with Gasteiger partial charge in [-0.1, -0.05) is 33.3 Å². The van der Waals surface area contributed by atoms with Crippen LogP contribution in [-0.2, 0) is 9.59 Å². The van der Waals surface area contributed by atoms with Crippen LogP contribution in [0.25, 0.3) is 0 Å². The van der Waals surface area contributed by atoms with Crippen molar-refractivity contribution in [3.63, 3.8) is 0 Å². The van der Waals surface area contributed by atoms with Crippen LogP contribution >= 0.6 is 0 Å². The Kier molecular flexibility index (Phi) is 3.76. The fourth-order valence-corrected chi connectivity index (χ4v) is 8.15. The fraction of sp³-hybridized carbons (Fsp3) is 0.826. The van der Waals surface area contributed by atoms with Gasteiger partial charge in [0, 0.05) is 17.8 Å². The maximum atomic E-state index is 12.4. The van der Waals surface area contributed by atoms with Gasteiger partial charge in [-0.25, -0.2) is 0 Å². The minimum Gasteiger partial charge on any atom is -0.392 e. The number of ketones is 2. The summed E-state index contributed by atoms with van der Waals surface area (Å²) in [6, 6.07) is 0. The summed E-state index contributed by atoms with van der Waals surface area (Å²) in [5.41, 5.74) is 0.886. The molecular formula is C23H34O3. The highest BCUT2D eigenvalue weighted by Crippen LogP contribution is 2.76. The van der Waals surface area contributed by atoms with Crippen LogP contribution in [0.4, 0.5) is 0 Å². The Morgan fingerprint density at radius 1 is 1.08 bits per heavy atom. The molecule has 0 aliphatic heterocycles. The van der Waals surface area contributed by atoms with Gasteiger partial charge in [-0.05, 0) is 73.7 Å². The Balaban J connectivity index is 1.85. The molecular weight excluding hydrogens is 324 g/mol. The molecule has 0 spiro atoms. The first-order valence-electron chi connectivity index (χ1n) is 10.4. The lowest BCUT2D eigenvalue weighted by atomic mass is 9.35. The van der Waals surface area contributed by atoms with Crippen molar-refractivity contribution in [2.75, 3.05) is 0 Å². The van der Waals surface area contributed by atoms with E-state index in [0.717, 1.165) is 32.1 Å². The van der Waals surface area contributed by atoms with E-state index in [1.807, 2.05) is 6.08 Å². The van der Waals surface area contributed by atoms with Crippen LogP contribution in [0.3, 0.4) is 0 Å². The van der Waals surface area contributed by atoms with E-state index in [-0.39, 0.29) is 39.1 Å². The third-order valence-electron chi connectivity index (χ3n) is 10.1. The molecule has 3 heteroatoms. The number of aliphatic hydroxyl groups excluding tert-OH is 1. The van der Waals surface area contributed by atoms with Crippen molar-refractivity contribution >= 4 is 11.6 Å². The Hall–Kier alpha value is -0.960. The molecule has 3 saturated carbocycles. The quantitative estimate of drug-likeness (QED) is 0.752. The van der Waals surface area contributed by atoms with Gasteiger partial charge in [-0.3, -0.25) is 9.59 Å². The monoisotopic (exact) mass is 358 g/mol. The number of rotatable bonds is 1. The summed E-state index contributed by atoms with van der Waals surface area (Å²) >= 11 is 0. The summed E-state index contributed by atoms with van der Waals surface area (Å²) in [4.78, 5) is 24.4. The molecule has 0 unspecified atom stereocenters.